The van der Waals surface area contributed by atoms with Crippen LogP contribution in [0.5, 0.6) is 0 Å². The zero-order chi connectivity index (χ0) is 9.10. The molecule has 66 valence electrons. The van der Waals surface area contributed by atoms with Crippen molar-refractivity contribution in [3.05, 3.63) is 30.5 Å². The van der Waals surface area contributed by atoms with Crippen LogP contribution in [0.2, 0.25) is 0 Å². The van der Waals surface area contributed by atoms with Gasteiger partial charge >= 0.3 is 0 Å². The number of H-pyrrole nitrogens is 1. The number of aromatic amines is 1. The smallest absolute Gasteiger partial charge is 0.156 e. The van der Waals surface area contributed by atoms with Crippen LogP contribution in [-0.4, -0.2) is 25.0 Å². The Morgan fingerprint density at radius 3 is 2.92 bits per heavy atom. The van der Waals surface area contributed by atoms with Crippen molar-refractivity contribution < 1.29 is 5.11 Å². The summed E-state index contributed by atoms with van der Waals surface area (Å²) in [5.74, 6) is 0.645. The highest BCUT2D eigenvalue weighted by Crippen LogP contribution is 2.10. The van der Waals surface area contributed by atoms with Crippen LogP contribution in [0.4, 0.5) is 0 Å². The maximum absolute atomic E-state index is 8.79. The summed E-state index contributed by atoms with van der Waals surface area (Å²) < 4.78 is 0. The van der Waals surface area contributed by atoms with Crippen molar-refractivity contribution in [2.24, 2.45) is 0 Å². The van der Waals surface area contributed by atoms with Gasteiger partial charge < -0.3 is 10.1 Å². The lowest BCUT2D eigenvalue weighted by Gasteiger charge is -1.92. The summed E-state index contributed by atoms with van der Waals surface area (Å²) in [6, 6.07) is 1.75. The number of rotatable bonds is 2. The Balaban J connectivity index is 2.36. The zero-order valence-corrected chi connectivity index (χ0v) is 6.81. The third-order valence-corrected chi connectivity index (χ3v) is 1.62. The van der Waals surface area contributed by atoms with Crippen LogP contribution in [-0.2, 0) is 6.61 Å². The Morgan fingerprint density at radius 1 is 1.38 bits per heavy atom. The van der Waals surface area contributed by atoms with Crippen molar-refractivity contribution in [2.75, 3.05) is 0 Å². The molecule has 0 fully saturated rings. The van der Waals surface area contributed by atoms with Crippen LogP contribution in [0, 0.1) is 0 Å². The first-order valence-electron chi connectivity index (χ1n) is 3.81. The van der Waals surface area contributed by atoms with Gasteiger partial charge in [0.25, 0.3) is 0 Å². The Labute approximate surface area is 74.5 Å². The molecule has 0 radical (unpaired) electrons. The van der Waals surface area contributed by atoms with Crippen molar-refractivity contribution >= 4 is 0 Å². The number of hydrogen-bond donors (Lipinski definition) is 2. The fourth-order valence-electron chi connectivity index (χ4n) is 1.00. The quantitative estimate of drug-likeness (QED) is 0.692. The Kier molecular flexibility index (Phi) is 2.01. The first-order chi connectivity index (χ1) is 6.40. The van der Waals surface area contributed by atoms with E-state index in [4.69, 9.17) is 5.11 Å². The Morgan fingerprint density at radius 2 is 2.31 bits per heavy atom. The second-order valence-corrected chi connectivity index (χ2v) is 2.51. The molecule has 0 aliphatic carbocycles. The van der Waals surface area contributed by atoms with Gasteiger partial charge in [-0.15, -0.1) is 0 Å². The summed E-state index contributed by atoms with van der Waals surface area (Å²) in [5, 5.41) is 8.79. The minimum atomic E-state index is -0.0436. The van der Waals surface area contributed by atoms with Crippen molar-refractivity contribution in [3.63, 3.8) is 0 Å². The molecule has 0 aliphatic heterocycles. The molecule has 0 aromatic carbocycles. The normalized spacial score (nSPS) is 10.2. The van der Waals surface area contributed by atoms with Crippen LogP contribution in [0.25, 0.3) is 11.5 Å². The first-order valence-corrected chi connectivity index (χ1v) is 3.81. The number of nitrogens with zero attached hydrogens (tertiary/aromatic N) is 3. The molecule has 2 aromatic rings. The number of aliphatic hydroxyl groups is 1. The maximum atomic E-state index is 8.79. The largest absolute Gasteiger partial charge is 0.390 e. The van der Waals surface area contributed by atoms with Crippen molar-refractivity contribution in [3.8, 4) is 11.5 Å². The lowest BCUT2D eigenvalue weighted by Crippen LogP contribution is -1.86. The molecular formula is C8H8N4O. The number of hydrogen-bond acceptors (Lipinski definition) is 4. The van der Waals surface area contributed by atoms with Gasteiger partial charge in [0.05, 0.1) is 18.5 Å². The summed E-state index contributed by atoms with van der Waals surface area (Å²) in [7, 11) is 0. The van der Waals surface area contributed by atoms with Crippen LogP contribution in [0.3, 0.4) is 0 Å². The molecular weight excluding hydrogens is 168 g/mol. The van der Waals surface area contributed by atoms with Crippen molar-refractivity contribution in [1.82, 2.24) is 19.9 Å². The Bertz CT molecular complexity index is 384. The maximum Gasteiger partial charge on any atom is 0.156 e. The molecule has 0 atom stereocenters. The predicted octanol–water partition coefficient (Wildman–Crippen LogP) is 0.359. The summed E-state index contributed by atoms with van der Waals surface area (Å²) >= 11 is 0. The molecule has 0 amide bonds. The van der Waals surface area contributed by atoms with E-state index in [1.54, 1.807) is 18.5 Å². The van der Waals surface area contributed by atoms with Crippen LogP contribution >= 0.6 is 0 Å². The van der Waals surface area contributed by atoms with Gasteiger partial charge in [0, 0.05) is 6.20 Å². The van der Waals surface area contributed by atoms with E-state index in [2.05, 4.69) is 19.9 Å². The molecule has 0 saturated carbocycles. The lowest BCUT2D eigenvalue weighted by atomic mass is 10.4. The number of nitrogens with one attached hydrogen (secondary N) is 1. The number of aromatic nitrogens is 4. The zero-order valence-electron chi connectivity index (χ0n) is 6.81. The Hall–Kier alpha value is -1.75. The van der Waals surface area contributed by atoms with E-state index in [0.29, 0.717) is 11.5 Å². The third-order valence-electron chi connectivity index (χ3n) is 1.62. The molecule has 13 heavy (non-hydrogen) atoms. The third kappa shape index (κ3) is 1.54. The molecule has 2 rings (SSSR count). The summed E-state index contributed by atoms with van der Waals surface area (Å²) in [5.41, 5.74) is 1.39. The SMILES string of the molecule is OCc1cnc(-c2ccncn2)[nH]1. The molecule has 0 aliphatic rings. The minimum absolute atomic E-state index is 0.0436. The molecule has 2 N–H and O–H groups in total. The second kappa shape index (κ2) is 3.32. The van der Waals surface area contributed by atoms with E-state index >= 15 is 0 Å². The average Bonchev–Trinajstić information content (AvgIpc) is 2.67. The van der Waals surface area contributed by atoms with E-state index in [0.717, 1.165) is 5.69 Å². The predicted molar refractivity (Wildman–Crippen MR) is 45.5 cm³/mol. The number of aliphatic hydroxyl groups excluding tert-OH is 1. The van der Waals surface area contributed by atoms with Gasteiger partial charge in [-0.05, 0) is 6.07 Å². The van der Waals surface area contributed by atoms with Gasteiger partial charge in [0.1, 0.15) is 12.0 Å². The van der Waals surface area contributed by atoms with Gasteiger partial charge in [-0.2, -0.15) is 0 Å². The molecule has 5 nitrogen and oxygen atoms in total. The first kappa shape index (κ1) is 7.88. The summed E-state index contributed by atoms with van der Waals surface area (Å²) in [6.45, 7) is -0.0436. The highest BCUT2D eigenvalue weighted by molar-refractivity contribution is 5.47. The minimum Gasteiger partial charge on any atom is -0.390 e. The molecule has 0 spiro atoms. The average molecular weight is 176 g/mol. The van der Waals surface area contributed by atoms with Crippen LogP contribution in [0.15, 0.2) is 24.8 Å². The molecule has 0 saturated heterocycles. The van der Waals surface area contributed by atoms with Gasteiger partial charge in [-0.25, -0.2) is 15.0 Å². The molecule has 2 heterocycles. The fourth-order valence-corrected chi connectivity index (χ4v) is 1.00. The van der Waals surface area contributed by atoms with Crippen molar-refractivity contribution in [2.45, 2.75) is 6.61 Å². The lowest BCUT2D eigenvalue weighted by molar-refractivity contribution is 0.277. The summed E-state index contributed by atoms with van der Waals surface area (Å²) in [6.07, 6.45) is 4.68. The molecule has 2 aromatic heterocycles. The van der Waals surface area contributed by atoms with E-state index in [1.165, 1.54) is 6.33 Å². The van der Waals surface area contributed by atoms with Gasteiger partial charge in [-0.3, -0.25) is 0 Å². The van der Waals surface area contributed by atoms with Crippen LogP contribution < -0.4 is 0 Å². The number of imidazole rings is 1. The van der Waals surface area contributed by atoms with Crippen molar-refractivity contribution in [1.29, 1.82) is 0 Å². The fraction of sp³-hybridized carbons (Fsp3) is 0.125. The van der Waals surface area contributed by atoms with Gasteiger partial charge in [-0.1, -0.05) is 0 Å². The van der Waals surface area contributed by atoms with Gasteiger partial charge in [0.2, 0.25) is 0 Å². The van der Waals surface area contributed by atoms with E-state index < -0.39 is 0 Å². The standard InChI is InChI=1S/C8H8N4O/c13-4-6-3-10-8(12-6)7-1-2-9-5-11-7/h1-3,5,13H,4H2,(H,10,12). The van der Waals surface area contributed by atoms with E-state index in [9.17, 15) is 0 Å². The molecule has 5 heteroatoms. The monoisotopic (exact) mass is 176 g/mol. The van der Waals surface area contributed by atoms with Crippen LogP contribution in [0.1, 0.15) is 5.69 Å². The molecule has 0 unspecified atom stereocenters. The van der Waals surface area contributed by atoms with E-state index in [1.807, 2.05) is 0 Å². The highest BCUT2D eigenvalue weighted by Gasteiger charge is 2.02. The molecule has 0 bridgehead atoms. The summed E-state index contributed by atoms with van der Waals surface area (Å²) in [4.78, 5) is 14.8. The second-order valence-electron chi connectivity index (χ2n) is 2.51. The highest BCUT2D eigenvalue weighted by atomic mass is 16.3. The van der Waals surface area contributed by atoms with Gasteiger partial charge in [0.15, 0.2) is 5.82 Å². The topological polar surface area (TPSA) is 74.7 Å². The van der Waals surface area contributed by atoms with E-state index in [-0.39, 0.29) is 6.61 Å².